The molecule has 0 aromatic heterocycles. The molecule has 0 N–H and O–H groups in total. The number of hydrogen-bond donors (Lipinski definition) is 0. The van der Waals surface area contributed by atoms with Crippen molar-refractivity contribution >= 4 is 90.4 Å². The van der Waals surface area contributed by atoms with Crippen molar-refractivity contribution < 1.29 is 18.3 Å². The summed E-state index contributed by atoms with van der Waals surface area (Å²) in [6, 6.07) is 0. The van der Waals surface area contributed by atoms with E-state index in [1.165, 1.54) is 24.0 Å². The quantitative estimate of drug-likeness (QED) is 0.238. The maximum absolute atomic E-state index is 14.6. The standard InChI is InChI=1S/C9H14F2I4N2O2/c1-18-5-3-16-7(12,13)8(14,15)17(4-6-19-2)9(16,10)11/h3-6H2,1-2H3. The van der Waals surface area contributed by atoms with Crippen molar-refractivity contribution in [3.63, 3.8) is 0 Å². The third-order valence-corrected chi connectivity index (χ3v) is 12.3. The van der Waals surface area contributed by atoms with Crippen molar-refractivity contribution in [2.45, 2.75) is 9.28 Å². The van der Waals surface area contributed by atoms with E-state index in [-0.39, 0.29) is 26.3 Å². The highest BCUT2D eigenvalue weighted by Crippen LogP contribution is 2.63. The zero-order valence-electron chi connectivity index (χ0n) is 10.3. The molecule has 0 unspecified atom stereocenters. The van der Waals surface area contributed by atoms with Crippen molar-refractivity contribution in [2.75, 3.05) is 40.5 Å². The molecule has 1 fully saturated rings. The van der Waals surface area contributed by atoms with Gasteiger partial charge in [0.05, 0.1) is 13.2 Å². The third-order valence-electron chi connectivity index (χ3n) is 2.73. The molecule has 114 valence electrons. The van der Waals surface area contributed by atoms with Gasteiger partial charge in [0.15, 0.2) is 3.10 Å². The second-order valence-corrected chi connectivity index (χ2v) is 14.3. The Morgan fingerprint density at radius 2 is 1.16 bits per heavy atom. The van der Waals surface area contributed by atoms with Gasteiger partial charge in [-0.3, -0.25) is 0 Å². The Morgan fingerprint density at radius 3 is 1.42 bits per heavy atom. The number of nitrogens with zero attached hydrogens (tertiary/aromatic N) is 2. The van der Waals surface area contributed by atoms with Crippen LogP contribution in [0, 0.1) is 0 Å². The van der Waals surface area contributed by atoms with Crippen molar-refractivity contribution in [1.29, 1.82) is 0 Å². The van der Waals surface area contributed by atoms with Gasteiger partial charge in [-0.15, -0.1) is 0 Å². The lowest BCUT2D eigenvalue weighted by Gasteiger charge is -2.34. The van der Waals surface area contributed by atoms with Gasteiger partial charge >= 0.3 is 6.17 Å². The predicted octanol–water partition coefficient (Wildman–Crippen LogP) is 3.49. The van der Waals surface area contributed by atoms with Crippen LogP contribution in [-0.2, 0) is 9.47 Å². The lowest BCUT2D eigenvalue weighted by Crippen LogP contribution is -2.50. The van der Waals surface area contributed by atoms with Crippen molar-refractivity contribution in [2.24, 2.45) is 0 Å². The van der Waals surface area contributed by atoms with E-state index in [1.54, 1.807) is 0 Å². The first kappa shape index (κ1) is 19.7. The fraction of sp³-hybridized carbons (Fsp3) is 1.00. The predicted molar refractivity (Wildman–Crippen MR) is 104 cm³/mol. The van der Waals surface area contributed by atoms with E-state index >= 15 is 0 Å². The maximum atomic E-state index is 14.6. The summed E-state index contributed by atoms with van der Waals surface area (Å²) in [5.41, 5.74) is 0. The lowest BCUT2D eigenvalue weighted by atomic mass is 10.5. The van der Waals surface area contributed by atoms with Gasteiger partial charge in [-0.05, 0) is 90.4 Å². The average molecular weight is 728 g/mol. The van der Waals surface area contributed by atoms with Gasteiger partial charge in [0.1, 0.15) is 0 Å². The highest BCUT2D eigenvalue weighted by Gasteiger charge is 2.71. The number of hydrogen-bond acceptors (Lipinski definition) is 4. The molecular weight excluding hydrogens is 714 g/mol. The van der Waals surface area contributed by atoms with Gasteiger partial charge in [0, 0.05) is 27.3 Å². The summed E-state index contributed by atoms with van der Waals surface area (Å²) in [5.74, 6) is 0. The monoisotopic (exact) mass is 728 g/mol. The van der Waals surface area contributed by atoms with Crippen molar-refractivity contribution in [1.82, 2.24) is 9.80 Å². The molecule has 0 amide bonds. The summed E-state index contributed by atoms with van der Waals surface area (Å²) < 4.78 is 37.7. The Balaban J connectivity index is 3.06. The molecule has 4 nitrogen and oxygen atoms in total. The Bertz CT molecular complexity index is 293. The normalized spacial score (nSPS) is 25.9. The van der Waals surface area contributed by atoms with Gasteiger partial charge < -0.3 is 9.47 Å². The fourth-order valence-corrected chi connectivity index (χ4v) is 5.01. The first-order chi connectivity index (χ1) is 8.64. The number of rotatable bonds is 6. The van der Waals surface area contributed by atoms with Crippen LogP contribution in [-0.4, -0.2) is 59.6 Å². The second kappa shape index (κ2) is 7.46. The number of halogens is 6. The molecule has 0 spiro atoms. The van der Waals surface area contributed by atoms with Crippen LogP contribution < -0.4 is 0 Å². The molecular formula is C9H14F2I4N2O2. The molecule has 0 aliphatic carbocycles. The number of alkyl halides is 6. The summed E-state index contributed by atoms with van der Waals surface area (Å²) in [7, 11) is 3.03. The van der Waals surface area contributed by atoms with Gasteiger partial charge in [-0.25, -0.2) is 9.80 Å². The van der Waals surface area contributed by atoms with Crippen LogP contribution in [0.1, 0.15) is 0 Å². The smallest absolute Gasteiger partial charge is 0.373 e. The van der Waals surface area contributed by atoms with Crippen LogP contribution in [0.2, 0.25) is 0 Å². The van der Waals surface area contributed by atoms with Gasteiger partial charge in [-0.1, -0.05) is 0 Å². The van der Waals surface area contributed by atoms with Crippen LogP contribution >= 0.6 is 90.4 Å². The molecule has 0 bridgehead atoms. The first-order valence-electron chi connectivity index (χ1n) is 5.30. The SMILES string of the molecule is COCCN1C(F)(F)N(CCOC)C(I)(I)C1(I)I. The molecule has 1 aliphatic heterocycles. The molecule has 1 aliphatic rings. The van der Waals surface area contributed by atoms with E-state index in [2.05, 4.69) is 90.4 Å². The zero-order chi connectivity index (χ0) is 14.9. The Kier molecular flexibility index (Phi) is 7.72. The van der Waals surface area contributed by atoms with Crippen LogP contribution in [0.5, 0.6) is 0 Å². The van der Waals surface area contributed by atoms with Crippen LogP contribution in [0.4, 0.5) is 8.78 Å². The Morgan fingerprint density at radius 1 is 0.842 bits per heavy atom. The van der Waals surface area contributed by atoms with Crippen molar-refractivity contribution in [3.05, 3.63) is 0 Å². The number of methoxy groups -OCH3 is 2. The van der Waals surface area contributed by atoms with E-state index in [9.17, 15) is 8.78 Å². The Labute approximate surface area is 166 Å². The molecule has 0 aromatic carbocycles. The van der Waals surface area contributed by atoms with E-state index in [0.717, 1.165) is 0 Å². The van der Waals surface area contributed by atoms with E-state index in [1.807, 2.05) is 0 Å². The third kappa shape index (κ3) is 3.76. The summed E-state index contributed by atoms with van der Waals surface area (Å²) in [6.07, 6.45) is -3.03. The molecule has 0 saturated carbocycles. The molecule has 10 heteroatoms. The summed E-state index contributed by atoms with van der Waals surface area (Å²) in [5, 5.41) is 0. The van der Waals surface area contributed by atoms with Crippen molar-refractivity contribution in [3.8, 4) is 0 Å². The second-order valence-electron chi connectivity index (χ2n) is 3.88. The minimum Gasteiger partial charge on any atom is -0.383 e. The molecule has 0 aromatic rings. The molecule has 0 atom stereocenters. The minimum absolute atomic E-state index is 0.173. The van der Waals surface area contributed by atoms with Crippen LogP contribution in [0.25, 0.3) is 0 Å². The highest BCUT2D eigenvalue weighted by atomic mass is 127. The molecule has 1 rings (SSSR count). The lowest BCUT2D eigenvalue weighted by molar-refractivity contribution is -0.217. The maximum Gasteiger partial charge on any atom is 0.373 e. The summed E-state index contributed by atoms with van der Waals surface area (Å²) >= 11 is 8.33. The first-order valence-corrected chi connectivity index (χ1v) is 9.62. The molecule has 1 saturated heterocycles. The van der Waals surface area contributed by atoms with Gasteiger partial charge in [0.2, 0.25) is 0 Å². The molecule has 0 radical (unpaired) electrons. The summed E-state index contributed by atoms with van der Waals surface area (Å²) in [4.78, 5) is 2.36. The van der Waals surface area contributed by atoms with Crippen LogP contribution in [0.3, 0.4) is 0 Å². The van der Waals surface area contributed by atoms with Gasteiger partial charge in [0.25, 0.3) is 0 Å². The van der Waals surface area contributed by atoms with E-state index in [0.29, 0.717) is 0 Å². The minimum atomic E-state index is -3.03. The molecule has 1 heterocycles. The van der Waals surface area contributed by atoms with Crippen LogP contribution in [0.15, 0.2) is 0 Å². The fourth-order valence-electron chi connectivity index (χ4n) is 1.72. The van der Waals surface area contributed by atoms with E-state index in [4.69, 9.17) is 9.47 Å². The largest absolute Gasteiger partial charge is 0.383 e. The highest BCUT2D eigenvalue weighted by molar-refractivity contribution is 14.2. The van der Waals surface area contributed by atoms with Gasteiger partial charge in [-0.2, -0.15) is 8.78 Å². The number of ether oxygens (including phenoxy) is 2. The zero-order valence-corrected chi connectivity index (χ0v) is 18.9. The molecule has 19 heavy (non-hydrogen) atoms. The average Bonchev–Trinajstić information content (AvgIpc) is 2.37. The Hall–Kier alpha value is 2.62. The van der Waals surface area contributed by atoms with E-state index < -0.39 is 9.28 Å². The topological polar surface area (TPSA) is 24.9 Å². The summed E-state index contributed by atoms with van der Waals surface area (Å²) in [6.45, 7) is 0.884.